The fourth-order valence-corrected chi connectivity index (χ4v) is 2.74. The van der Waals surface area contributed by atoms with Crippen LogP contribution in [0.25, 0.3) is 0 Å². The summed E-state index contributed by atoms with van der Waals surface area (Å²) in [6, 6.07) is 11.5. The molecule has 0 bridgehead atoms. The maximum atomic E-state index is 3.37. The molecule has 0 aliphatic heterocycles. The molecule has 108 valence electrons. The normalized spacial score (nSPS) is 14.9. The van der Waals surface area contributed by atoms with Gasteiger partial charge < -0.3 is 10.2 Å². The molecule has 1 N–H and O–H groups in total. The molecule has 0 aromatic heterocycles. The van der Waals surface area contributed by atoms with Crippen LogP contribution in [0.5, 0.6) is 0 Å². The lowest BCUT2D eigenvalue weighted by molar-refractivity contribution is 0.173. The van der Waals surface area contributed by atoms with Gasteiger partial charge in [0.1, 0.15) is 0 Å². The van der Waals surface area contributed by atoms with Crippen molar-refractivity contribution in [1.29, 1.82) is 0 Å². The lowest BCUT2D eigenvalue weighted by Crippen LogP contribution is -2.47. The fourth-order valence-electron chi connectivity index (χ4n) is 2.74. The number of nitrogens with zero attached hydrogens (tertiary/aromatic N) is 1. The summed E-state index contributed by atoms with van der Waals surface area (Å²) in [6.07, 6.45) is 1.21. The molecule has 1 rings (SSSR count). The minimum Gasteiger partial charge on any atom is -0.319 e. The molecule has 0 aliphatic carbocycles. The summed E-state index contributed by atoms with van der Waals surface area (Å²) in [6.45, 7) is 12.5. The van der Waals surface area contributed by atoms with Gasteiger partial charge in [-0.05, 0) is 39.4 Å². The molecule has 1 aromatic carbocycles. The Bertz CT molecular complexity index is 348. The Morgan fingerprint density at radius 1 is 1.21 bits per heavy atom. The highest BCUT2D eigenvalue weighted by Crippen LogP contribution is 2.25. The molecule has 1 atom stereocenters. The molecule has 0 fully saturated rings. The first-order valence-electron chi connectivity index (χ1n) is 7.47. The number of nitrogens with one attached hydrogen (secondary N) is 1. The Kier molecular flexibility index (Phi) is 6.53. The number of benzene rings is 1. The molecule has 2 heteroatoms. The van der Waals surface area contributed by atoms with E-state index >= 15 is 0 Å². The van der Waals surface area contributed by atoms with E-state index in [-0.39, 0.29) is 5.41 Å². The summed E-state index contributed by atoms with van der Waals surface area (Å²) in [4.78, 5) is 2.59. The van der Waals surface area contributed by atoms with Gasteiger partial charge in [0.05, 0.1) is 0 Å². The first-order valence-corrected chi connectivity index (χ1v) is 7.47. The van der Waals surface area contributed by atoms with Crippen LogP contribution in [0, 0.1) is 0 Å². The molecular weight excluding hydrogens is 232 g/mol. The van der Waals surface area contributed by atoms with Crippen LogP contribution >= 0.6 is 0 Å². The molecule has 1 aromatic rings. The van der Waals surface area contributed by atoms with Gasteiger partial charge in [0, 0.05) is 24.5 Å². The Hall–Kier alpha value is -0.860. The van der Waals surface area contributed by atoms with Crippen LogP contribution < -0.4 is 5.32 Å². The molecule has 1 unspecified atom stereocenters. The van der Waals surface area contributed by atoms with Crippen molar-refractivity contribution < 1.29 is 0 Å². The lowest BCUT2D eigenvalue weighted by Gasteiger charge is -2.38. The van der Waals surface area contributed by atoms with E-state index in [1.807, 2.05) is 7.05 Å². The van der Waals surface area contributed by atoms with Gasteiger partial charge in [-0.1, -0.05) is 44.2 Å². The Balaban J connectivity index is 2.92. The molecule has 0 spiro atoms. The van der Waals surface area contributed by atoms with E-state index in [4.69, 9.17) is 0 Å². The molecule has 0 aliphatic rings. The van der Waals surface area contributed by atoms with Gasteiger partial charge in [-0.25, -0.2) is 0 Å². The van der Waals surface area contributed by atoms with Gasteiger partial charge in [-0.15, -0.1) is 0 Å². The highest BCUT2D eigenvalue weighted by Gasteiger charge is 2.29. The maximum absolute atomic E-state index is 3.37. The average molecular weight is 262 g/mol. The average Bonchev–Trinajstić information content (AvgIpc) is 2.39. The monoisotopic (exact) mass is 262 g/mol. The Labute approximate surface area is 119 Å². The second kappa shape index (κ2) is 7.66. The molecule has 0 heterocycles. The van der Waals surface area contributed by atoms with Crippen molar-refractivity contribution in [3.8, 4) is 0 Å². The zero-order valence-corrected chi connectivity index (χ0v) is 13.2. The molecule has 19 heavy (non-hydrogen) atoms. The molecule has 2 nitrogen and oxygen atoms in total. The second-order valence-corrected chi connectivity index (χ2v) is 6.02. The zero-order valence-electron chi connectivity index (χ0n) is 13.2. The van der Waals surface area contributed by atoms with E-state index in [9.17, 15) is 0 Å². The highest BCUT2D eigenvalue weighted by molar-refractivity contribution is 5.25. The van der Waals surface area contributed by atoms with Gasteiger partial charge in [0.25, 0.3) is 0 Å². The predicted molar refractivity (Wildman–Crippen MR) is 84.7 cm³/mol. The molecule has 0 saturated carbocycles. The summed E-state index contributed by atoms with van der Waals surface area (Å²) in [5.41, 5.74) is 1.58. The summed E-state index contributed by atoms with van der Waals surface area (Å²) in [5.74, 6) is 0. The molecule has 0 saturated heterocycles. The zero-order chi connectivity index (χ0) is 14.3. The summed E-state index contributed by atoms with van der Waals surface area (Å²) in [5, 5.41) is 3.37. The van der Waals surface area contributed by atoms with Crippen molar-refractivity contribution in [3.05, 3.63) is 35.9 Å². The van der Waals surface area contributed by atoms with Crippen LogP contribution in [0.3, 0.4) is 0 Å². The second-order valence-electron chi connectivity index (χ2n) is 6.02. The smallest absolute Gasteiger partial charge is 0.0177 e. The van der Waals surface area contributed by atoms with Gasteiger partial charge in [0.15, 0.2) is 0 Å². The van der Waals surface area contributed by atoms with Crippen molar-refractivity contribution in [3.63, 3.8) is 0 Å². The third-order valence-corrected chi connectivity index (χ3v) is 3.83. The fraction of sp³-hybridized carbons (Fsp3) is 0.647. The number of hydrogen-bond donors (Lipinski definition) is 1. The van der Waals surface area contributed by atoms with Gasteiger partial charge in [-0.2, -0.15) is 0 Å². The Morgan fingerprint density at radius 3 is 2.32 bits per heavy atom. The highest BCUT2D eigenvalue weighted by atomic mass is 15.2. The van der Waals surface area contributed by atoms with Crippen LogP contribution in [0.2, 0.25) is 0 Å². The predicted octanol–water partition coefficient (Wildman–Crippen LogP) is 3.28. The first-order chi connectivity index (χ1) is 9.03. The van der Waals surface area contributed by atoms with E-state index in [2.05, 4.69) is 68.2 Å². The summed E-state index contributed by atoms with van der Waals surface area (Å²) < 4.78 is 0. The topological polar surface area (TPSA) is 15.3 Å². The van der Waals surface area contributed by atoms with Gasteiger partial charge >= 0.3 is 0 Å². The van der Waals surface area contributed by atoms with Crippen molar-refractivity contribution in [1.82, 2.24) is 10.2 Å². The van der Waals surface area contributed by atoms with Crippen LogP contribution in [0.15, 0.2) is 30.3 Å². The molecule has 0 radical (unpaired) electrons. The molecule has 0 amide bonds. The first kappa shape index (κ1) is 16.2. The standard InChI is InChI=1S/C17H30N2/c1-6-12-19(15(2)3)14-17(4,13-18-5)16-10-8-7-9-11-16/h7-11,15,18H,6,12-14H2,1-5H3. The SMILES string of the molecule is CCCN(CC(C)(CNC)c1ccccc1)C(C)C. The third-order valence-electron chi connectivity index (χ3n) is 3.83. The van der Waals surface area contributed by atoms with E-state index in [0.29, 0.717) is 6.04 Å². The van der Waals surface area contributed by atoms with Crippen LogP contribution in [-0.4, -0.2) is 37.6 Å². The number of likely N-dealkylation sites (N-methyl/N-ethyl adjacent to an activating group) is 1. The largest absolute Gasteiger partial charge is 0.319 e. The number of hydrogen-bond acceptors (Lipinski definition) is 2. The van der Waals surface area contributed by atoms with E-state index in [0.717, 1.165) is 13.1 Å². The van der Waals surface area contributed by atoms with Crippen molar-refractivity contribution >= 4 is 0 Å². The van der Waals surface area contributed by atoms with Crippen molar-refractivity contribution in [2.45, 2.75) is 45.6 Å². The van der Waals surface area contributed by atoms with E-state index in [1.54, 1.807) is 0 Å². The van der Waals surface area contributed by atoms with Gasteiger partial charge in [0.2, 0.25) is 0 Å². The van der Waals surface area contributed by atoms with E-state index < -0.39 is 0 Å². The van der Waals surface area contributed by atoms with Crippen LogP contribution in [0.4, 0.5) is 0 Å². The Morgan fingerprint density at radius 2 is 1.84 bits per heavy atom. The third kappa shape index (κ3) is 4.63. The minimum atomic E-state index is 0.162. The van der Waals surface area contributed by atoms with Crippen molar-refractivity contribution in [2.24, 2.45) is 0 Å². The van der Waals surface area contributed by atoms with Gasteiger partial charge in [-0.3, -0.25) is 0 Å². The van der Waals surface area contributed by atoms with Crippen molar-refractivity contribution in [2.75, 3.05) is 26.7 Å². The lowest BCUT2D eigenvalue weighted by atomic mass is 9.81. The minimum absolute atomic E-state index is 0.162. The number of rotatable bonds is 8. The molecular formula is C17H30N2. The maximum Gasteiger partial charge on any atom is 0.0177 e. The summed E-state index contributed by atoms with van der Waals surface area (Å²) in [7, 11) is 2.04. The quantitative estimate of drug-likeness (QED) is 0.773. The summed E-state index contributed by atoms with van der Waals surface area (Å²) >= 11 is 0. The van der Waals surface area contributed by atoms with Crippen LogP contribution in [0.1, 0.15) is 39.7 Å². The van der Waals surface area contributed by atoms with Crippen LogP contribution in [-0.2, 0) is 5.41 Å². The van der Waals surface area contributed by atoms with E-state index in [1.165, 1.54) is 18.5 Å².